The predicted octanol–water partition coefficient (Wildman–Crippen LogP) is 1.52. The maximum Gasteiger partial charge on any atom is 0.289 e. The van der Waals surface area contributed by atoms with Crippen LogP contribution < -0.4 is 0 Å². The van der Waals surface area contributed by atoms with Crippen molar-refractivity contribution in [1.29, 1.82) is 0 Å². The van der Waals surface area contributed by atoms with E-state index in [1.54, 1.807) is 0 Å². The molecule has 0 saturated heterocycles. The van der Waals surface area contributed by atoms with Gasteiger partial charge in [0.2, 0.25) is 0 Å². The molecule has 1 rings (SSSR count). The van der Waals surface area contributed by atoms with Gasteiger partial charge in [-0.1, -0.05) is 0 Å². The van der Waals surface area contributed by atoms with Crippen molar-refractivity contribution >= 4 is 23.3 Å². The van der Waals surface area contributed by atoms with E-state index in [2.05, 4.69) is 21.6 Å². The third-order valence-corrected chi connectivity index (χ3v) is 1.01. The second kappa shape index (κ2) is 3.06. The predicted molar refractivity (Wildman–Crippen MR) is 38.1 cm³/mol. The number of aliphatic imine (C=N–C) groups is 1. The molecule has 1 aromatic heterocycles. The molecular weight excluding hydrogens is 150 g/mol. The number of thiocarbonyl (C=S) groups is 1. The highest BCUT2D eigenvalue weighted by atomic mass is 32.1. The van der Waals surface area contributed by atoms with Crippen LogP contribution in [0.2, 0.25) is 0 Å². The normalized spacial score (nSPS) is 8.40. The molecule has 1 heterocycles. The molecule has 0 radical (unpaired) electrons. The number of carbonyl (C=O) groups is 1. The highest BCUT2D eigenvalue weighted by Gasteiger charge is 2.02. The molecule has 0 aliphatic heterocycles. The van der Waals surface area contributed by atoms with Gasteiger partial charge in [0.1, 0.15) is 6.26 Å². The van der Waals surface area contributed by atoms with E-state index in [9.17, 15) is 4.79 Å². The van der Waals surface area contributed by atoms with Gasteiger partial charge >= 0.3 is 0 Å². The van der Waals surface area contributed by atoms with Crippen LogP contribution in [0, 0.1) is 0 Å². The molecule has 4 heteroatoms. The van der Waals surface area contributed by atoms with E-state index in [1.165, 1.54) is 18.6 Å². The summed E-state index contributed by atoms with van der Waals surface area (Å²) in [6.45, 7) is 0. The van der Waals surface area contributed by atoms with Gasteiger partial charge in [0.25, 0.3) is 5.91 Å². The van der Waals surface area contributed by atoms with Crippen LogP contribution in [-0.4, -0.2) is 11.1 Å². The lowest BCUT2D eigenvalue weighted by Crippen LogP contribution is -1.89. The molecule has 0 N–H and O–H groups in total. The zero-order valence-electron chi connectivity index (χ0n) is 4.90. The molecule has 0 spiro atoms. The van der Waals surface area contributed by atoms with Gasteiger partial charge < -0.3 is 4.42 Å². The van der Waals surface area contributed by atoms with Crippen LogP contribution in [-0.2, 0) is 0 Å². The van der Waals surface area contributed by atoms with Crippen LogP contribution >= 0.6 is 12.2 Å². The van der Waals surface area contributed by atoms with Crippen molar-refractivity contribution < 1.29 is 9.21 Å². The number of rotatable bonds is 1. The van der Waals surface area contributed by atoms with Crippen molar-refractivity contribution in [1.82, 2.24) is 0 Å². The number of hydrogen-bond acceptors (Lipinski definition) is 3. The Kier molecular flexibility index (Phi) is 2.10. The second-order valence-corrected chi connectivity index (χ2v) is 1.70. The first-order valence-electron chi connectivity index (χ1n) is 2.49. The number of carbonyl (C=O) groups excluding carboxylic acids is 1. The fourth-order valence-corrected chi connectivity index (χ4v) is 0.575. The Morgan fingerprint density at radius 1 is 1.80 bits per heavy atom. The molecule has 0 atom stereocenters. The zero-order valence-corrected chi connectivity index (χ0v) is 5.72. The number of nitrogens with zero attached hydrogens (tertiary/aromatic N) is 1. The molecule has 0 saturated carbocycles. The van der Waals surface area contributed by atoms with Gasteiger partial charge in [-0.25, -0.2) is 0 Å². The minimum Gasteiger partial charge on any atom is -0.472 e. The van der Waals surface area contributed by atoms with E-state index in [0.29, 0.717) is 5.56 Å². The largest absolute Gasteiger partial charge is 0.472 e. The van der Waals surface area contributed by atoms with E-state index >= 15 is 0 Å². The molecule has 3 nitrogen and oxygen atoms in total. The van der Waals surface area contributed by atoms with Gasteiger partial charge in [0.05, 0.1) is 17.0 Å². The van der Waals surface area contributed by atoms with Crippen molar-refractivity contribution in [3.63, 3.8) is 0 Å². The molecule has 50 valence electrons. The first kappa shape index (κ1) is 6.86. The summed E-state index contributed by atoms with van der Waals surface area (Å²) >= 11 is 4.23. The first-order chi connectivity index (χ1) is 4.84. The van der Waals surface area contributed by atoms with E-state index in [4.69, 9.17) is 0 Å². The van der Waals surface area contributed by atoms with Gasteiger partial charge in [-0.3, -0.25) is 4.79 Å². The van der Waals surface area contributed by atoms with E-state index in [1.807, 2.05) is 5.16 Å². The standard InChI is InChI=1S/C6H3NO2S/c8-6(7-4-10)5-1-2-9-3-5/h1-3H. The van der Waals surface area contributed by atoms with E-state index in [0.717, 1.165) is 0 Å². The minimum absolute atomic E-state index is 0.386. The van der Waals surface area contributed by atoms with Crippen LogP contribution in [0.25, 0.3) is 0 Å². The Labute approximate surface area is 62.4 Å². The van der Waals surface area contributed by atoms with E-state index in [-0.39, 0.29) is 0 Å². The van der Waals surface area contributed by atoms with Crippen molar-refractivity contribution in [2.24, 2.45) is 4.99 Å². The number of hydrogen-bond donors (Lipinski definition) is 0. The van der Waals surface area contributed by atoms with Crippen LogP contribution in [0.1, 0.15) is 10.4 Å². The van der Waals surface area contributed by atoms with Gasteiger partial charge in [0, 0.05) is 0 Å². The Bertz CT molecular complexity index is 272. The Morgan fingerprint density at radius 2 is 2.60 bits per heavy atom. The Balaban J connectivity index is 2.87. The lowest BCUT2D eigenvalue weighted by molar-refractivity contribution is 0.100. The summed E-state index contributed by atoms with van der Waals surface area (Å²) < 4.78 is 4.64. The van der Waals surface area contributed by atoms with Gasteiger partial charge in [-0.05, 0) is 18.3 Å². The molecule has 10 heavy (non-hydrogen) atoms. The second-order valence-electron chi connectivity index (χ2n) is 1.52. The summed E-state index contributed by atoms with van der Waals surface area (Å²) in [6, 6.07) is 1.51. The molecule has 0 aliphatic rings. The third kappa shape index (κ3) is 1.37. The molecule has 1 amide bonds. The van der Waals surface area contributed by atoms with Crippen molar-refractivity contribution in [2.75, 3.05) is 0 Å². The molecule has 0 unspecified atom stereocenters. The lowest BCUT2D eigenvalue weighted by atomic mass is 10.3. The average molecular weight is 153 g/mol. The molecule has 0 aromatic carbocycles. The number of isothiocyanates is 1. The smallest absolute Gasteiger partial charge is 0.289 e. The fraction of sp³-hybridized carbons (Fsp3) is 0. The summed E-state index contributed by atoms with van der Waals surface area (Å²) in [4.78, 5) is 14.0. The van der Waals surface area contributed by atoms with Crippen molar-refractivity contribution in [2.45, 2.75) is 0 Å². The lowest BCUT2D eigenvalue weighted by Gasteiger charge is -1.79. The zero-order chi connectivity index (χ0) is 7.40. The molecule has 0 bridgehead atoms. The quantitative estimate of drug-likeness (QED) is 0.453. The Morgan fingerprint density at radius 3 is 3.10 bits per heavy atom. The van der Waals surface area contributed by atoms with Crippen molar-refractivity contribution in [3.8, 4) is 0 Å². The number of furan rings is 1. The summed E-state index contributed by atoms with van der Waals surface area (Å²) in [6.07, 6.45) is 2.70. The maximum absolute atomic E-state index is 10.7. The van der Waals surface area contributed by atoms with Gasteiger partial charge in [0.15, 0.2) is 0 Å². The van der Waals surface area contributed by atoms with Crippen LogP contribution in [0.5, 0.6) is 0 Å². The summed E-state index contributed by atoms with van der Waals surface area (Å²) in [5.74, 6) is -0.427. The highest BCUT2D eigenvalue weighted by Crippen LogP contribution is 2.00. The fourth-order valence-electron chi connectivity index (χ4n) is 0.492. The van der Waals surface area contributed by atoms with Gasteiger partial charge in [-0.2, -0.15) is 4.99 Å². The topological polar surface area (TPSA) is 42.6 Å². The molecule has 1 aromatic rings. The number of amides is 1. The first-order valence-corrected chi connectivity index (χ1v) is 2.90. The monoisotopic (exact) mass is 153 g/mol. The van der Waals surface area contributed by atoms with Crippen LogP contribution in [0.4, 0.5) is 0 Å². The van der Waals surface area contributed by atoms with Crippen molar-refractivity contribution in [3.05, 3.63) is 24.2 Å². The maximum atomic E-state index is 10.7. The minimum atomic E-state index is -0.427. The van der Waals surface area contributed by atoms with Crippen LogP contribution in [0.15, 0.2) is 28.0 Å². The molecule has 0 fully saturated rings. The van der Waals surface area contributed by atoms with E-state index < -0.39 is 5.91 Å². The summed E-state index contributed by atoms with van der Waals surface area (Å²) in [7, 11) is 0. The SMILES string of the molecule is O=C(N=C=S)c1ccoc1. The summed E-state index contributed by atoms with van der Waals surface area (Å²) in [5, 5.41) is 1.97. The summed E-state index contributed by atoms with van der Waals surface area (Å²) in [5.41, 5.74) is 0.386. The average Bonchev–Trinajstić information content (AvgIpc) is 2.38. The van der Waals surface area contributed by atoms with Crippen LogP contribution in [0.3, 0.4) is 0 Å². The third-order valence-electron chi connectivity index (χ3n) is 0.915. The van der Waals surface area contributed by atoms with Gasteiger partial charge in [-0.15, -0.1) is 0 Å². The Hall–Kier alpha value is -1.25. The highest BCUT2D eigenvalue weighted by molar-refractivity contribution is 7.78. The molecule has 0 aliphatic carbocycles. The molecular formula is C6H3NO2S.